The number of halogens is 2. The summed E-state index contributed by atoms with van der Waals surface area (Å²) in [7, 11) is 0. The van der Waals surface area contributed by atoms with Crippen molar-refractivity contribution in [1.29, 1.82) is 0 Å². The number of hydrogen-bond acceptors (Lipinski definition) is 4. The summed E-state index contributed by atoms with van der Waals surface area (Å²) in [6.45, 7) is 4.64. The molecule has 3 rings (SSSR count). The molecule has 1 aliphatic rings. The van der Waals surface area contributed by atoms with Crippen molar-refractivity contribution < 1.29 is 19.4 Å². The maximum absolute atomic E-state index is 12.8. The van der Waals surface area contributed by atoms with Crippen molar-refractivity contribution in [3.05, 3.63) is 63.8 Å². The van der Waals surface area contributed by atoms with Gasteiger partial charge in [0.2, 0.25) is 0 Å². The highest BCUT2D eigenvalue weighted by atomic mass is 35.5. The van der Waals surface area contributed by atoms with Crippen molar-refractivity contribution in [2.75, 3.05) is 11.5 Å². The Morgan fingerprint density at radius 3 is 2.33 bits per heavy atom. The van der Waals surface area contributed by atoms with Gasteiger partial charge in [-0.1, -0.05) is 55.2 Å². The number of carbonyl (C=O) groups excluding carboxylic acids is 2. The number of aliphatic hydroxyl groups is 1. The van der Waals surface area contributed by atoms with E-state index in [1.54, 1.807) is 36.4 Å². The van der Waals surface area contributed by atoms with E-state index in [0.717, 1.165) is 4.90 Å². The Morgan fingerprint density at radius 2 is 1.70 bits per heavy atom. The lowest BCUT2D eigenvalue weighted by Crippen LogP contribution is -2.31. The third-order valence-corrected chi connectivity index (χ3v) is 4.77. The fourth-order valence-corrected chi connectivity index (χ4v) is 3.02. The van der Waals surface area contributed by atoms with Crippen molar-refractivity contribution in [3.63, 3.8) is 0 Å². The SMILES string of the molecule is CC(C)COc1ccc(C2=C(O)C(=O)N(c3cccc(Cl)c3Cl)C2=O)cc1. The Morgan fingerprint density at radius 1 is 1.04 bits per heavy atom. The number of imide groups is 1. The first kappa shape index (κ1) is 19.3. The maximum atomic E-state index is 12.8. The first-order chi connectivity index (χ1) is 12.8. The molecule has 0 bridgehead atoms. The van der Waals surface area contributed by atoms with Crippen LogP contribution in [-0.4, -0.2) is 23.5 Å². The predicted octanol–water partition coefficient (Wildman–Crippen LogP) is 4.87. The topological polar surface area (TPSA) is 66.8 Å². The lowest BCUT2D eigenvalue weighted by atomic mass is 10.1. The fraction of sp³-hybridized carbons (Fsp3) is 0.200. The average Bonchev–Trinajstić information content (AvgIpc) is 2.85. The van der Waals surface area contributed by atoms with Crippen molar-refractivity contribution in [1.82, 2.24) is 0 Å². The molecule has 0 unspecified atom stereocenters. The zero-order valence-electron chi connectivity index (χ0n) is 14.7. The van der Waals surface area contributed by atoms with Crippen LogP contribution in [0, 0.1) is 5.92 Å². The monoisotopic (exact) mass is 405 g/mol. The van der Waals surface area contributed by atoms with Gasteiger partial charge in [0.15, 0.2) is 5.76 Å². The molecule has 27 heavy (non-hydrogen) atoms. The number of benzene rings is 2. The summed E-state index contributed by atoms with van der Waals surface area (Å²) in [5.74, 6) is -1.13. The van der Waals surface area contributed by atoms with Gasteiger partial charge in [-0.2, -0.15) is 0 Å². The van der Waals surface area contributed by atoms with E-state index >= 15 is 0 Å². The molecule has 0 radical (unpaired) electrons. The summed E-state index contributed by atoms with van der Waals surface area (Å²) in [6, 6.07) is 11.2. The molecule has 0 atom stereocenters. The van der Waals surface area contributed by atoms with Gasteiger partial charge in [-0.3, -0.25) is 9.59 Å². The van der Waals surface area contributed by atoms with Crippen molar-refractivity contribution >= 4 is 46.3 Å². The second-order valence-corrected chi connectivity index (χ2v) is 7.26. The molecule has 2 amide bonds. The molecule has 0 aliphatic carbocycles. The number of hydrogen-bond donors (Lipinski definition) is 1. The number of nitrogens with zero attached hydrogens (tertiary/aromatic N) is 1. The Balaban J connectivity index is 1.92. The molecular weight excluding hydrogens is 389 g/mol. The molecule has 1 N–H and O–H groups in total. The number of amides is 2. The van der Waals surface area contributed by atoms with Gasteiger partial charge in [0.05, 0.1) is 27.9 Å². The van der Waals surface area contributed by atoms with E-state index in [1.807, 2.05) is 13.8 Å². The second-order valence-electron chi connectivity index (χ2n) is 6.47. The van der Waals surface area contributed by atoms with Crippen LogP contribution in [0.15, 0.2) is 48.2 Å². The Labute approximate surface area is 166 Å². The number of ether oxygens (including phenoxy) is 1. The summed E-state index contributed by atoms with van der Waals surface area (Å²) in [6.07, 6.45) is 0. The van der Waals surface area contributed by atoms with Gasteiger partial charge < -0.3 is 9.84 Å². The summed E-state index contributed by atoms with van der Waals surface area (Å²) in [4.78, 5) is 26.1. The molecule has 0 saturated heterocycles. The van der Waals surface area contributed by atoms with Crippen LogP contribution in [-0.2, 0) is 9.59 Å². The zero-order valence-corrected chi connectivity index (χ0v) is 16.2. The van der Waals surface area contributed by atoms with Crippen LogP contribution in [0.3, 0.4) is 0 Å². The Kier molecular flexibility index (Phi) is 5.44. The Bertz CT molecular complexity index is 935. The lowest BCUT2D eigenvalue weighted by molar-refractivity contribution is -0.121. The van der Waals surface area contributed by atoms with Crippen LogP contribution >= 0.6 is 23.2 Å². The minimum atomic E-state index is -0.848. The highest BCUT2D eigenvalue weighted by molar-refractivity contribution is 6.49. The minimum absolute atomic E-state index is 0.0624. The smallest absolute Gasteiger partial charge is 0.301 e. The molecule has 2 aromatic carbocycles. The van der Waals surface area contributed by atoms with E-state index in [9.17, 15) is 14.7 Å². The van der Waals surface area contributed by atoms with E-state index < -0.39 is 17.6 Å². The van der Waals surface area contributed by atoms with Gasteiger partial charge in [-0.15, -0.1) is 0 Å². The number of rotatable bonds is 5. The second kappa shape index (κ2) is 7.62. The van der Waals surface area contributed by atoms with Gasteiger partial charge in [-0.25, -0.2) is 4.90 Å². The molecule has 1 heterocycles. The normalized spacial score (nSPS) is 14.5. The molecule has 0 fully saturated rings. The van der Waals surface area contributed by atoms with Crippen LogP contribution in [0.5, 0.6) is 5.75 Å². The van der Waals surface area contributed by atoms with E-state index in [-0.39, 0.29) is 21.3 Å². The highest BCUT2D eigenvalue weighted by Gasteiger charge is 2.41. The van der Waals surface area contributed by atoms with E-state index in [1.165, 1.54) is 6.07 Å². The first-order valence-electron chi connectivity index (χ1n) is 8.30. The van der Waals surface area contributed by atoms with Gasteiger partial charge in [0.25, 0.3) is 5.91 Å². The molecule has 140 valence electrons. The average molecular weight is 406 g/mol. The van der Waals surface area contributed by atoms with Crippen molar-refractivity contribution in [2.24, 2.45) is 5.92 Å². The molecule has 1 aliphatic heterocycles. The van der Waals surface area contributed by atoms with Crippen molar-refractivity contribution in [3.8, 4) is 5.75 Å². The van der Waals surface area contributed by atoms with E-state index in [4.69, 9.17) is 27.9 Å². The fourth-order valence-electron chi connectivity index (χ4n) is 2.64. The van der Waals surface area contributed by atoms with Crippen LogP contribution in [0.25, 0.3) is 5.57 Å². The number of carbonyl (C=O) groups is 2. The molecule has 2 aromatic rings. The van der Waals surface area contributed by atoms with Gasteiger partial charge >= 0.3 is 5.91 Å². The maximum Gasteiger partial charge on any atom is 0.301 e. The lowest BCUT2D eigenvalue weighted by Gasteiger charge is -2.16. The summed E-state index contributed by atoms with van der Waals surface area (Å²) in [5, 5.41) is 10.5. The minimum Gasteiger partial charge on any atom is -0.502 e. The zero-order chi connectivity index (χ0) is 19.7. The number of aliphatic hydroxyl groups excluding tert-OH is 1. The Hall–Kier alpha value is -2.50. The van der Waals surface area contributed by atoms with E-state index in [2.05, 4.69) is 0 Å². The summed E-state index contributed by atoms with van der Waals surface area (Å²) >= 11 is 12.1. The molecule has 5 nitrogen and oxygen atoms in total. The molecule has 7 heteroatoms. The molecule has 0 saturated carbocycles. The molecular formula is C20H17Cl2NO4. The summed E-state index contributed by atoms with van der Waals surface area (Å²) < 4.78 is 5.61. The first-order valence-corrected chi connectivity index (χ1v) is 9.06. The third-order valence-electron chi connectivity index (χ3n) is 3.96. The van der Waals surface area contributed by atoms with Crippen molar-refractivity contribution in [2.45, 2.75) is 13.8 Å². The molecule has 0 aromatic heterocycles. The van der Waals surface area contributed by atoms with Gasteiger partial charge in [-0.05, 0) is 35.7 Å². The van der Waals surface area contributed by atoms with Crippen LogP contribution < -0.4 is 9.64 Å². The largest absolute Gasteiger partial charge is 0.502 e. The van der Waals surface area contributed by atoms with Gasteiger partial charge in [0, 0.05) is 0 Å². The standard InChI is InChI=1S/C20H17Cl2NO4/c1-11(2)10-27-13-8-6-12(7-9-13)16-18(24)20(26)23(19(16)25)15-5-3-4-14(21)17(15)22/h3-9,11,24H,10H2,1-2H3. The van der Waals surface area contributed by atoms with Crippen LogP contribution in [0.2, 0.25) is 10.0 Å². The quantitative estimate of drug-likeness (QED) is 0.720. The van der Waals surface area contributed by atoms with Crippen LogP contribution in [0.1, 0.15) is 19.4 Å². The van der Waals surface area contributed by atoms with Crippen LogP contribution in [0.4, 0.5) is 5.69 Å². The van der Waals surface area contributed by atoms with Gasteiger partial charge in [0.1, 0.15) is 5.75 Å². The number of anilines is 1. The highest BCUT2D eigenvalue weighted by Crippen LogP contribution is 2.38. The molecule has 0 spiro atoms. The predicted molar refractivity (Wildman–Crippen MR) is 105 cm³/mol. The van der Waals surface area contributed by atoms with E-state index in [0.29, 0.717) is 23.8 Å². The third kappa shape index (κ3) is 3.66. The summed E-state index contributed by atoms with van der Waals surface area (Å²) in [5.41, 5.74) is 0.437.